The Balaban J connectivity index is 1.22. The predicted molar refractivity (Wildman–Crippen MR) is 139 cm³/mol. The number of anilines is 2. The van der Waals surface area contributed by atoms with E-state index in [0.29, 0.717) is 5.69 Å². The maximum Gasteiger partial charge on any atom is 0.307 e. The molecule has 180 valence electrons. The van der Waals surface area contributed by atoms with Crippen molar-refractivity contribution < 1.29 is 19.5 Å². The number of hydrogen-bond donors (Lipinski definition) is 3. The molecular formula is C26H25N3O4S2. The lowest BCUT2D eigenvalue weighted by molar-refractivity contribution is -0.146. The molecule has 2 bridgehead atoms. The zero-order valence-electron chi connectivity index (χ0n) is 19.3. The van der Waals surface area contributed by atoms with Gasteiger partial charge < -0.3 is 15.7 Å². The van der Waals surface area contributed by atoms with E-state index in [1.807, 2.05) is 50.3 Å². The van der Waals surface area contributed by atoms with E-state index in [2.05, 4.69) is 21.7 Å². The molecule has 3 aromatic rings. The van der Waals surface area contributed by atoms with E-state index in [1.54, 1.807) is 6.07 Å². The van der Waals surface area contributed by atoms with Gasteiger partial charge in [-0.25, -0.2) is 4.98 Å². The van der Waals surface area contributed by atoms with Crippen LogP contribution in [0.3, 0.4) is 0 Å². The average Bonchev–Trinajstić information content (AvgIpc) is 3.50. The van der Waals surface area contributed by atoms with Crippen molar-refractivity contribution in [2.24, 2.45) is 23.7 Å². The number of hydrogen-bond acceptors (Lipinski definition) is 6. The van der Waals surface area contributed by atoms with Gasteiger partial charge in [-0.05, 0) is 73.6 Å². The van der Waals surface area contributed by atoms with E-state index in [1.165, 1.54) is 23.1 Å². The van der Waals surface area contributed by atoms with Crippen LogP contribution in [-0.4, -0.2) is 33.6 Å². The lowest BCUT2D eigenvalue weighted by Crippen LogP contribution is -2.36. The van der Waals surface area contributed by atoms with Crippen molar-refractivity contribution in [3.8, 4) is 0 Å². The number of carboxylic acid groups (broad SMARTS) is 1. The van der Waals surface area contributed by atoms with Crippen LogP contribution in [-0.2, 0) is 14.4 Å². The van der Waals surface area contributed by atoms with Crippen LogP contribution in [0.5, 0.6) is 0 Å². The van der Waals surface area contributed by atoms with Gasteiger partial charge in [0.2, 0.25) is 11.8 Å². The molecule has 5 rings (SSSR count). The van der Waals surface area contributed by atoms with Crippen molar-refractivity contribution in [1.29, 1.82) is 0 Å². The highest BCUT2D eigenvalue weighted by molar-refractivity contribution is 8.01. The molecule has 1 aromatic heterocycles. The summed E-state index contributed by atoms with van der Waals surface area (Å²) in [4.78, 5) is 41.7. The van der Waals surface area contributed by atoms with Crippen molar-refractivity contribution in [3.63, 3.8) is 0 Å². The molecule has 1 saturated carbocycles. The Labute approximate surface area is 211 Å². The van der Waals surface area contributed by atoms with Gasteiger partial charge >= 0.3 is 5.97 Å². The van der Waals surface area contributed by atoms with Crippen molar-refractivity contribution in [1.82, 2.24) is 4.98 Å². The van der Waals surface area contributed by atoms with Crippen molar-refractivity contribution >= 4 is 62.5 Å². The van der Waals surface area contributed by atoms with Gasteiger partial charge in [0.15, 0.2) is 4.34 Å². The first-order valence-corrected chi connectivity index (χ1v) is 13.2. The first kappa shape index (κ1) is 23.6. The number of carboxylic acids is 1. The smallest absolute Gasteiger partial charge is 0.307 e. The third-order valence-electron chi connectivity index (χ3n) is 6.52. The van der Waals surface area contributed by atoms with Gasteiger partial charge in [0.05, 0.1) is 27.8 Å². The summed E-state index contributed by atoms with van der Waals surface area (Å²) in [6.45, 7) is 3.99. The maximum absolute atomic E-state index is 13.0. The number of thiazole rings is 1. The third-order valence-corrected chi connectivity index (χ3v) is 8.68. The summed E-state index contributed by atoms with van der Waals surface area (Å²) in [6, 6.07) is 11.4. The van der Waals surface area contributed by atoms with Crippen LogP contribution >= 0.6 is 23.1 Å². The van der Waals surface area contributed by atoms with E-state index in [0.717, 1.165) is 37.8 Å². The minimum absolute atomic E-state index is 0.0221. The minimum Gasteiger partial charge on any atom is -0.481 e. The molecule has 4 atom stereocenters. The molecule has 7 nitrogen and oxygen atoms in total. The zero-order valence-corrected chi connectivity index (χ0v) is 20.9. The molecule has 0 spiro atoms. The molecule has 2 aromatic carbocycles. The Bertz CT molecular complexity index is 1350. The van der Waals surface area contributed by atoms with Gasteiger partial charge in [-0.2, -0.15) is 0 Å². The first-order valence-electron chi connectivity index (χ1n) is 11.4. The highest BCUT2D eigenvalue weighted by Gasteiger charge is 2.51. The molecule has 0 aliphatic heterocycles. The lowest BCUT2D eigenvalue weighted by atomic mass is 9.82. The van der Waals surface area contributed by atoms with E-state index in [-0.39, 0.29) is 29.4 Å². The fraction of sp³-hybridized carbons (Fsp3) is 0.308. The first-order chi connectivity index (χ1) is 16.8. The number of rotatable bonds is 7. The summed E-state index contributed by atoms with van der Waals surface area (Å²) in [7, 11) is 0. The Morgan fingerprint density at radius 1 is 1.00 bits per heavy atom. The molecule has 1 heterocycles. The quantitative estimate of drug-likeness (QED) is 0.303. The summed E-state index contributed by atoms with van der Waals surface area (Å²) in [6.07, 6.45) is 4.62. The Morgan fingerprint density at radius 3 is 2.43 bits per heavy atom. The number of carbonyl (C=O) groups excluding carboxylic acids is 2. The fourth-order valence-corrected chi connectivity index (χ4v) is 7.06. The number of amides is 2. The molecule has 3 N–H and O–H groups in total. The van der Waals surface area contributed by atoms with Gasteiger partial charge in [0.25, 0.3) is 0 Å². The predicted octanol–water partition coefficient (Wildman–Crippen LogP) is 5.11. The SMILES string of the molecule is Cc1cc(C)cc(NC(=O)CSc2nc3ccc(NC(=O)[C@H]4[C@H](C(=O)O)[C@H]5C=C[C@H]4C5)cc3s2)c1. The van der Waals surface area contributed by atoms with Crippen LogP contribution in [0.1, 0.15) is 17.5 Å². The number of nitrogens with one attached hydrogen (secondary N) is 2. The normalized spacial score (nSPS) is 22.5. The van der Waals surface area contributed by atoms with Crippen molar-refractivity contribution in [2.45, 2.75) is 24.6 Å². The topological polar surface area (TPSA) is 108 Å². The summed E-state index contributed by atoms with van der Waals surface area (Å²) < 4.78 is 1.66. The molecule has 0 radical (unpaired) electrons. The van der Waals surface area contributed by atoms with Gasteiger partial charge in [-0.1, -0.05) is 30.0 Å². The highest BCUT2D eigenvalue weighted by atomic mass is 32.2. The number of fused-ring (bicyclic) bond motifs is 3. The van der Waals surface area contributed by atoms with Crippen LogP contribution in [0.15, 0.2) is 52.9 Å². The van der Waals surface area contributed by atoms with Gasteiger partial charge in [-0.3, -0.25) is 14.4 Å². The molecule has 35 heavy (non-hydrogen) atoms. The second-order valence-corrected chi connectivity index (χ2v) is 11.5. The number of nitrogens with zero attached hydrogens (tertiary/aromatic N) is 1. The number of aromatic nitrogens is 1. The van der Waals surface area contributed by atoms with Crippen LogP contribution < -0.4 is 10.6 Å². The number of carbonyl (C=O) groups is 3. The van der Waals surface area contributed by atoms with Crippen molar-refractivity contribution in [2.75, 3.05) is 16.4 Å². The molecule has 1 fully saturated rings. The number of benzene rings is 2. The van der Waals surface area contributed by atoms with Gasteiger partial charge in [0.1, 0.15) is 0 Å². The van der Waals surface area contributed by atoms with Gasteiger partial charge in [0, 0.05) is 11.4 Å². The number of allylic oxidation sites excluding steroid dienone is 2. The number of aryl methyl sites for hydroxylation is 2. The summed E-state index contributed by atoms with van der Waals surface area (Å²) in [5.74, 6) is -2.34. The summed E-state index contributed by atoms with van der Waals surface area (Å²) in [5, 5.41) is 15.5. The molecular weight excluding hydrogens is 482 g/mol. The second-order valence-electron chi connectivity index (χ2n) is 9.20. The Hall–Kier alpha value is -3.17. The zero-order chi connectivity index (χ0) is 24.7. The van der Waals surface area contributed by atoms with E-state index in [4.69, 9.17) is 0 Å². The second kappa shape index (κ2) is 9.47. The molecule has 0 unspecified atom stereocenters. The molecule has 2 amide bonds. The Kier molecular flexibility index (Phi) is 6.37. The average molecular weight is 508 g/mol. The molecule has 2 aliphatic rings. The largest absolute Gasteiger partial charge is 0.481 e. The Morgan fingerprint density at radius 2 is 1.71 bits per heavy atom. The van der Waals surface area contributed by atoms with Gasteiger partial charge in [-0.15, -0.1) is 11.3 Å². The highest BCUT2D eigenvalue weighted by Crippen LogP contribution is 2.48. The third kappa shape index (κ3) is 4.97. The molecule has 2 aliphatic carbocycles. The molecule has 9 heteroatoms. The standard InChI is InChI=1S/C26H25N3O4S2/c1-13-7-14(2)9-18(8-13)27-21(30)12-34-26-29-19-6-5-17(11-20(19)35-26)28-24(31)22-15-3-4-16(10-15)23(22)25(32)33/h3-9,11,15-16,22-23H,10,12H2,1-2H3,(H,27,30)(H,28,31)(H,32,33)/t15-,16-,22+,23+/m0/s1. The number of thioether (sulfide) groups is 1. The van der Waals surface area contributed by atoms with Crippen LogP contribution in [0.2, 0.25) is 0 Å². The minimum atomic E-state index is -0.914. The van der Waals surface area contributed by atoms with E-state index >= 15 is 0 Å². The fourth-order valence-electron chi connectivity index (χ4n) is 5.16. The maximum atomic E-state index is 13.0. The van der Waals surface area contributed by atoms with Crippen LogP contribution in [0.25, 0.3) is 10.2 Å². The summed E-state index contributed by atoms with van der Waals surface area (Å²) >= 11 is 2.83. The summed E-state index contributed by atoms with van der Waals surface area (Å²) in [5.41, 5.74) is 4.38. The monoisotopic (exact) mass is 507 g/mol. The van der Waals surface area contributed by atoms with Crippen LogP contribution in [0, 0.1) is 37.5 Å². The number of aliphatic carboxylic acids is 1. The van der Waals surface area contributed by atoms with Crippen LogP contribution in [0.4, 0.5) is 11.4 Å². The van der Waals surface area contributed by atoms with E-state index < -0.39 is 17.8 Å². The van der Waals surface area contributed by atoms with E-state index in [9.17, 15) is 19.5 Å². The molecule has 0 saturated heterocycles. The lowest BCUT2D eigenvalue weighted by Gasteiger charge is -2.23. The van der Waals surface area contributed by atoms with Crippen molar-refractivity contribution in [3.05, 3.63) is 59.7 Å².